The lowest BCUT2D eigenvalue weighted by atomic mass is 10.1. The van der Waals surface area contributed by atoms with Crippen LogP contribution in [0.15, 0.2) is 23.1 Å². The van der Waals surface area contributed by atoms with Gasteiger partial charge in [0.1, 0.15) is 0 Å². The lowest BCUT2D eigenvalue weighted by molar-refractivity contribution is 0.346. The summed E-state index contributed by atoms with van der Waals surface area (Å²) in [4.78, 5) is 0.364. The fraction of sp³-hybridized carbons (Fsp3) is 0.467. The second kappa shape index (κ2) is 6.40. The molecule has 0 aromatic heterocycles. The molecule has 0 saturated carbocycles. The number of piperidine rings is 1. The van der Waals surface area contributed by atoms with Gasteiger partial charge >= 0.3 is 0 Å². The number of rotatable bonds is 2. The molecule has 108 valence electrons. The van der Waals surface area contributed by atoms with Crippen molar-refractivity contribution >= 4 is 10.0 Å². The summed E-state index contributed by atoms with van der Waals surface area (Å²) in [6.07, 6.45) is 2.98. The molecule has 0 spiro atoms. The second-order valence-corrected chi connectivity index (χ2v) is 6.86. The molecule has 0 atom stereocenters. The second-order valence-electron chi connectivity index (χ2n) is 4.95. The van der Waals surface area contributed by atoms with Crippen molar-refractivity contribution in [2.45, 2.75) is 31.1 Å². The molecule has 5 heteroatoms. The van der Waals surface area contributed by atoms with E-state index in [2.05, 4.69) is 11.8 Å². The van der Waals surface area contributed by atoms with E-state index in [9.17, 15) is 8.42 Å². The molecule has 2 rings (SSSR count). The molecule has 1 saturated heterocycles. The van der Waals surface area contributed by atoms with Crippen LogP contribution in [0.2, 0.25) is 0 Å². The lowest BCUT2D eigenvalue weighted by Gasteiger charge is -2.26. The highest BCUT2D eigenvalue weighted by Gasteiger charge is 2.27. The molecule has 4 nitrogen and oxygen atoms in total. The van der Waals surface area contributed by atoms with Crippen LogP contribution in [-0.2, 0) is 10.0 Å². The van der Waals surface area contributed by atoms with Gasteiger partial charge in [-0.15, -0.1) is 0 Å². The molecule has 0 bridgehead atoms. The van der Waals surface area contributed by atoms with Crippen LogP contribution in [0, 0.1) is 18.8 Å². The van der Waals surface area contributed by atoms with Crippen LogP contribution < -0.4 is 5.73 Å². The van der Waals surface area contributed by atoms with Crippen LogP contribution >= 0.6 is 0 Å². The summed E-state index contributed by atoms with van der Waals surface area (Å²) in [5.74, 6) is 5.64. The standard InChI is InChI=1S/C15H20N2O2S/c1-13-7-8-14(6-5-9-16)12-15(13)20(18,19)17-10-3-2-4-11-17/h7-8,12H,2-4,9-11,16H2,1H3. The highest BCUT2D eigenvalue weighted by Crippen LogP contribution is 2.24. The highest BCUT2D eigenvalue weighted by molar-refractivity contribution is 7.89. The van der Waals surface area contributed by atoms with Crippen LogP contribution in [-0.4, -0.2) is 32.4 Å². The van der Waals surface area contributed by atoms with Crippen LogP contribution in [0.25, 0.3) is 0 Å². The number of hydrogen-bond donors (Lipinski definition) is 1. The van der Waals surface area contributed by atoms with Gasteiger partial charge in [-0.1, -0.05) is 24.3 Å². The third-order valence-corrected chi connectivity index (χ3v) is 5.50. The smallest absolute Gasteiger partial charge is 0.243 e. The van der Waals surface area contributed by atoms with Crippen molar-refractivity contribution in [3.05, 3.63) is 29.3 Å². The average Bonchev–Trinajstić information content (AvgIpc) is 2.47. The summed E-state index contributed by atoms with van der Waals surface area (Å²) >= 11 is 0. The summed E-state index contributed by atoms with van der Waals surface area (Å²) in [7, 11) is -3.41. The monoisotopic (exact) mass is 292 g/mol. The first-order chi connectivity index (χ1) is 9.55. The molecule has 1 heterocycles. The van der Waals surface area contributed by atoms with Crippen molar-refractivity contribution < 1.29 is 8.42 Å². The SMILES string of the molecule is Cc1ccc(C#CCN)cc1S(=O)(=O)N1CCCCC1. The van der Waals surface area contributed by atoms with E-state index >= 15 is 0 Å². The number of aryl methyl sites for hydroxylation is 1. The lowest BCUT2D eigenvalue weighted by Crippen LogP contribution is -2.36. The van der Waals surface area contributed by atoms with E-state index in [1.165, 1.54) is 0 Å². The van der Waals surface area contributed by atoms with Gasteiger partial charge in [0.2, 0.25) is 10.0 Å². The molecule has 0 unspecified atom stereocenters. The molecule has 2 N–H and O–H groups in total. The van der Waals surface area contributed by atoms with Crippen molar-refractivity contribution in [2.75, 3.05) is 19.6 Å². The molecule has 1 aliphatic heterocycles. The Labute approximate surface area is 121 Å². The van der Waals surface area contributed by atoms with E-state index in [0.717, 1.165) is 24.8 Å². The maximum Gasteiger partial charge on any atom is 0.243 e. The van der Waals surface area contributed by atoms with Gasteiger partial charge in [-0.2, -0.15) is 4.31 Å². The van der Waals surface area contributed by atoms with E-state index in [0.29, 0.717) is 23.5 Å². The normalized spacial score (nSPS) is 16.5. The Bertz CT molecular complexity index is 636. The minimum Gasteiger partial charge on any atom is -0.320 e. The molecule has 1 fully saturated rings. The van der Waals surface area contributed by atoms with Gasteiger partial charge in [0.15, 0.2) is 0 Å². The number of nitrogens with zero attached hydrogens (tertiary/aromatic N) is 1. The molecule has 20 heavy (non-hydrogen) atoms. The summed E-state index contributed by atoms with van der Waals surface area (Å²) in [6.45, 7) is 3.31. The maximum absolute atomic E-state index is 12.7. The third kappa shape index (κ3) is 3.21. The predicted octanol–water partition coefficient (Wildman–Crippen LogP) is 1.48. The first-order valence-electron chi connectivity index (χ1n) is 6.85. The Hall–Kier alpha value is -1.35. The fourth-order valence-corrected chi connectivity index (χ4v) is 4.12. The zero-order chi connectivity index (χ0) is 14.6. The Balaban J connectivity index is 2.39. The van der Waals surface area contributed by atoms with E-state index in [1.54, 1.807) is 16.4 Å². The van der Waals surface area contributed by atoms with Crippen molar-refractivity contribution in [1.82, 2.24) is 4.31 Å². The van der Waals surface area contributed by atoms with E-state index in [4.69, 9.17) is 5.73 Å². The van der Waals surface area contributed by atoms with Crippen LogP contribution in [0.4, 0.5) is 0 Å². The number of benzene rings is 1. The molecule has 1 aromatic carbocycles. The van der Waals surface area contributed by atoms with E-state index in [1.807, 2.05) is 13.0 Å². The number of nitrogens with two attached hydrogens (primary N) is 1. The van der Waals surface area contributed by atoms with Gasteiger partial charge in [0.05, 0.1) is 11.4 Å². The highest BCUT2D eigenvalue weighted by atomic mass is 32.2. The third-order valence-electron chi connectivity index (χ3n) is 3.46. The molecule has 0 aliphatic carbocycles. The molecule has 0 radical (unpaired) electrons. The first kappa shape index (κ1) is 15.0. The Morgan fingerprint density at radius 3 is 2.60 bits per heavy atom. The van der Waals surface area contributed by atoms with Gasteiger partial charge in [0, 0.05) is 18.7 Å². The Morgan fingerprint density at radius 2 is 1.95 bits per heavy atom. The van der Waals surface area contributed by atoms with Gasteiger partial charge in [-0.3, -0.25) is 0 Å². The largest absolute Gasteiger partial charge is 0.320 e. The van der Waals surface area contributed by atoms with E-state index < -0.39 is 10.0 Å². The average molecular weight is 292 g/mol. The van der Waals surface area contributed by atoms with Crippen molar-refractivity contribution in [1.29, 1.82) is 0 Å². The molecular formula is C15H20N2O2S. The van der Waals surface area contributed by atoms with Crippen LogP contribution in [0.1, 0.15) is 30.4 Å². The van der Waals surface area contributed by atoms with Crippen LogP contribution in [0.5, 0.6) is 0 Å². The minimum atomic E-state index is -3.41. The Morgan fingerprint density at radius 1 is 1.25 bits per heavy atom. The number of hydrogen-bond acceptors (Lipinski definition) is 3. The first-order valence-corrected chi connectivity index (χ1v) is 8.29. The van der Waals surface area contributed by atoms with Crippen molar-refractivity contribution in [3.8, 4) is 11.8 Å². The van der Waals surface area contributed by atoms with Crippen molar-refractivity contribution in [3.63, 3.8) is 0 Å². The topological polar surface area (TPSA) is 63.4 Å². The fourth-order valence-electron chi connectivity index (χ4n) is 2.35. The number of sulfonamides is 1. The van der Waals surface area contributed by atoms with Gasteiger partial charge < -0.3 is 5.73 Å². The summed E-state index contributed by atoms with van der Waals surface area (Å²) in [5.41, 5.74) is 6.80. The van der Waals surface area contributed by atoms with Gasteiger partial charge in [-0.05, 0) is 37.5 Å². The van der Waals surface area contributed by atoms with E-state index in [-0.39, 0.29) is 6.54 Å². The Kier molecular flexibility index (Phi) is 4.81. The summed E-state index contributed by atoms with van der Waals surface area (Å²) < 4.78 is 27.0. The zero-order valence-electron chi connectivity index (χ0n) is 11.7. The molecule has 0 amide bonds. The van der Waals surface area contributed by atoms with Gasteiger partial charge in [0.25, 0.3) is 0 Å². The quantitative estimate of drug-likeness (QED) is 0.840. The minimum absolute atomic E-state index is 0.266. The maximum atomic E-state index is 12.7. The van der Waals surface area contributed by atoms with Crippen molar-refractivity contribution in [2.24, 2.45) is 5.73 Å². The predicted molar refractivity (Wildman–Crippen MR) is 79.7 cm³/mol. The zero-order valence-corrected chi connectivity index (χ0v) is 12.5. The molecular weight excluding hydrogens is 272 g/mol. The van der Waals surface area contributed by atoms with Gasteiger partial charge in [-0.25, -0.2) is 8.42 Å². The molecule has 1 aromatic rings. The molecule has 1 aliphatic rings. The van der Waals surface area contributed by atoms with Crippen LogP contribution in [0.3, 0.4) is 0 Å². The summed E-state index contributed by atoms with van der Waals surface area (Å²) in [5, 5.41) is 0. The summed E-state index contributed by atoms with van der Waals surface area (Å²) in [6, 6.07) is 5.28.